The van der Waals surface area contributed by atoms with Crippen LogP contribution < -0.4 is 10.2 Å². The molecular formula is C19H30N2O3. The van der Waals surface area contributed by atoms with Gasteiger partial charge >= 0.3 is 6.09 Å². The van der Waals surface area contributed by atoms with Crippen molar-refractivity contribution in [2.24, 2.45) is 0 Å². The minimum atomic E-state index is -0.489. The molecule has 0 aliphatic carbocycles. The molecule has 0 radical (unpaired) electrons. The first-order valence-corrected chi connectivity index (χ1v) is 8.54. The Kier molecular flexibility index (Phi) is 5.43. The van der Waals surface area contributed by atoms with E-state index in [1.165, 1.54) is 5.69 Å². The second-order valence-corrected chi connectivity index (χ2v) is 7.99. The number of benzene rings is 1. The molecule has 1 unspecified atom stereocenters. The van der Waals surface area contributed by atoms with Gasteiger partial charge in [-0.05, 0) is 59.2 Å². The Morgan fingerprint density at radius 2 is 1.92 bits per heavy atom. The number of hydrogen-bond donors (Lipinski definition) is 1. The Morgan fingerprint density at radius 3 is 2.46 bits per heavy atom. The summed E-state index contributed by atoms with van der Waals surface area (Å²) in [6, 6.07) is 8.21. The largest absolute Gasteiger partial charge is 0.444 e. The minimum absolute atomic E-state index is 0.102. The van der Waals surface area contributed by atoms with Gasteiger partial charge in [-0.3, -0.25) is 0 Å². The molecule has 1 aromatic carbocycles. The standard InChI is InChI=1S/C19H30N2O3/c1-14(20-17(22)24-18(2,3)4)15-7-9-16(10-8-15)21-11-12-23-19(5,6)13-21/h7-10,14H,11-13H2,1-6H3,(H,20,22). The molecule has 0 aromatic heterocycles. The highest BCUT2D eigenvalue weighted by atomic mass is 16.6. The quantitative estimate of drug-likeness (QED) is 0.911. The van der Waals surface area contributed by atoms with Crippen molar-refractivity contribution in [2.75, 3.05) is 24.6 Å². The minimum Gasteiger partial charge on any atom is -0.444 e. The van der Waals surface area contributed by atoms with Gasteiger partial charge in [-0.1, -0.05) is 12.1 Å². The van der Waals surface area contributed by atoms with Gasteiger partial charge in [0.25, 0.3) is 0 Å². The van der Waals surface area contributed by atoms with Crippen LogP contribution in [0.4, 0.5) is 10.5 Å². The molecule has 1 aliphatic rings. The molecule has 1 atom stereocenters. The number of carbonyl (C=O) groups is 1. The lowest BCUT2D eigenvalue weighted by molar-refractivity contribution is -0.0276. The number of ether oxygens (including phenoxy) is 2. The van der Waals surface area contributed by atoms with Crippen LogP contribution in [0.5, 0.6) is 0 Å². The highest BCUT2D eigenvalue weighted by Crippen LogP contribution is 2.24. The predicted octanol–water partition coefficient (Wildman–Crippen LogP) is 3.89. The number of nitrogens with zero attached hydrogens (tertiary/aromatic N) is 1. The van der Waals surface area contributed by atoms with Crippen LogP contribution in [0.2, 0.25) is 0 Å². The third-order valence-corrected chi connectivity index (χ3v) is 3.92. The average molecular weight is 334 g/mol. The number of hydrogen-bond acceptors (Lipinski definition) is 4. The number of amides is 1. The topological polar surface area (TPSA) is 50.8 Å². The van der Waals surface area contributed by atoms with Crippen LogP contribution in [0.3, 0.4) is 0 Å². The van der Waals surface area contributed by atoms with E-state index in [1.54, 1.807) is 0 Å². The van der Waals surface area contributed by atoms with E-state index in [1.807, 2.05) is 27.7 Å². The van der Waals surface area contributed by atoms with E-state index in [4.69, 9.17) is 9.47 Å². The van der Waals surface area contributed by atoms with Gasteiger partial charge in [0.1, 0.15) is 5.60 Å². The van der Waals surface area contributed by atoms with Gasteiger partial charge in [-0.2, -0.15) is 0 Å². The zero-order chi connectivity index (χ0) is 18.0. The Balaban J connectivity index is 1.97. The maximum atomic E-state index is 11.9. The number of nitrogens with one attached hydrogen (secondary N) is 1. The van der Waals surface area contributed by atoms with Gasteiger partial charge < -0.3 is 19.7 Å². The van der Waals surface area contributed by atoms with Crippen LogP contribution in [-0.4, -0.2) is 37.0 Å². The van der Waals surface area contributed by atoms with Crippen molar-refractivity contribution in [2.45, 2.75) is 58.8 Å². The van der Waals surface area contributed by atoms with E-state index in [0.29, 0.717) is 0 Å². The summed E-state index contributed by atoms with van der Waals surface area (Å²) in [6.07, 6.45) is -0.394. The SMILES string of the molecule is CC(NC(=O)OC(C)(C)C)c1ccc(N2CCOC(C)(C)C2)cc1. The van der Waals surface area contributed by atoms with Gasteiger partial charge in [0.05, 0.1) is 18.2 Å². The van der Waals surface area contributed by atoms with Gasteiger partial charge in [-0.25, -0.2) is 4.79 Å². The maximum absolute atomic E-state index is 11.9. The van der Waals surface area contributed by atoms with E-state index in [2.05, 4.69) is 48.3 Å². The van der Waals surface area contributed by atoms with Gasteiger partial charge in [-0.15, -0.1) is 0 Å². The zero-order valence-electron chi connectivity index (χ0n) is 15.7. The number of alkyl carbamates (subject to hydrolysis) is 1. The molecular weight excluding hydrogens is 304 g/mol. The van der Waals surface area contributed by atoms with Crippen LogP contribution >= 0.6 is 0 Å². The van der Waals surface area contributed by atoms with Crippen molar-refractivity contribution in [1.29, 1.82) is 0 Å². The number of carbonyl (C=O) groups excluding carboxylic acids is 1. The van der Waals surface area contributed by atoms with Crippen molar-refractivity contribution in [3.8, 4) is 0 Å². The van der Waals surface area contributed by atoms with Crippen LogP contribution in [0.25, 0.3) is 0 Å². The summed E-state index contributed by atoms with van der Waals surface area (Å²) in [5, 5.41) is 2.87. The molecule has 1 fully saturated rings. The molecule has 0 saturated carbocycles. The molecule has 1 saturated heterocycles. The van der Waals surface area contributed by atoms with Crippen LogP contribution in [0, 0.1) is 0 Å². The Morgan fingerprint density at radius 1 is 1.29 bits per heavy atom. The molecule has 1 aromatic rings. The molecule has 134 valence electrons. The molecule has 1 aliphatic heterocycles. The zero-order valence-corrected chi connectivity index (χ0v) is 15.7. The molecule has 1 heterocycles. The Hall–Kier alpha value is -1.75. The summed E-state index contributed by atoms with van der Waals surface area (Å²) in [5.41, 5.74) is 1.62. The number of morpholine rings is 1. The smallest absolute Gasteiger partial charge is 0.408 e. The average Bonchev–Trinajstić information content (AvgIpc) is 2.44. The predicted molar refractivity (Wildman–Crippen MR) is 96.5 cm³/mol. The molecule has 1 amide bonds. The lowest BCUT2D eigenvalue weighted by Crippen LogP contribution is -2.48. The van der Waals surface area contributed by atoms with Gasteiger partial charge in [0.15, 0.2) is 0 Å². The lowest BCUT2D eigenvalue weighted by atomic mass is 10.0. The van der Waals surface area contributed by atoms with E-state index in [-0.39, 0.29) is 11.6 Å². The van der Waals surface area contributed by atoms with Crippen molar-refractivity contribution in [3.63, 3.8) is 0 Å². The highest BCUT2D eigenvalue weighted by molar-refractivity contribution is 5.68. The summed E-state index contributed by atoms with van der Waals surface area (Å²) >= 11 is 0. The third kappa shape index (κ3) is 5.41. The summed E-state index contributed by atoms with van der Waals surface area (Å²) in [4.78, 5) is 14.2. The van der Waals surface area contributed by atoms with E-state index in [0.717, 1.165) is 25.3 Å². The Labute approximate surface area is 145 Å². The van der Waals surface area contributed by atoms with Crippen molar-refractivity contribution in [3.05, 3.63) is 29.8 Å². The first-order chi connectivity index (χ1) is 11.1. The second-order valence-electron chi connectivity index (χ2n) is 7.99. The van der Waals surface area contributed by atoms with Crippen molar-refractivity contribution >= 4 is 11.8 Å². The molecule has 0 bridgehead atoms. The fourth-order valence-electron chi connectivity index (χ4n) is 2.78. The second kappa shape index (κ2) is 7.01. The third-order valence-electron chi connectivity index (χ3n) is 3.92. The van der Waals surface area contributed by atoms with Gasteiger partial charge in [0.2, 0.25) is 0 Å². The van der Waals surface area contributed by atoms with E-state index >= 15 is 0 Å². The first kappa shape index (κ1) is 18.6. The summed E-state index contributed by atoms with van der Waals surface area (Å²) in [5.74, 6) is 0. The number of anilines is 1. The molecule has 0 spiro atoms. The molecule has 24 heavy (non-hydrogen) atoms. The van der Waals surface area contributed by atoms with Gasteiger partial charge in [0, 0.05) is 18.8 Å². The molecule has 5 heteroatoms. The first-order valence-electron chi connectivity index (χ1n) is 8.54. The van der Waals surface area contributed by atoms with E-state index < -0.39 is 11.7 Å². The summed E-state index contributed by atoms with van der Waals surface area (Å²) in [7, 11) is 0. The molecule has 2 rings (SSSR count). The number of rotatable bonds is 3. The van der Waals surface area contributed by atoms with Crippen molar-refractivity contribution < 1.29 is 14.3 Å². The summed E-state index contributed by atoms with van der Waals surface area (Å²) < 4.78 is 11.1. The van der Waals surface area contributed by atoms with Crippen LogP contribution in [0.1, 0.15) is 53.1 Å². The maximum Gasteiger partial charge on any atom is 0.408 e. The lowest BCUT2D eigenvalue weighted by Gasteiger charge is -2.39. The normalized spacial score (nSPS) is 18.8. The monoisotopic (exact) mass is 334 g/mol. The fraction of sp³-hybridized carbons (Fsp3) is 0.632. The highest BCUT2D eigenvalue weighted by Gasteiger charge is 2.27. The molecule has 5 nitrogen and oxygen atoms in total. The van der Waals surface area contributed by atoms with Crippen LogP contribution in [0.15, 0.2) is 24.3 Å². The fourth-order valence-corrected chi connectivity index (χ4v) is 2.78. The van der Waals surface area contributed by atoms with E-state index in [9.17, 15) is 4.79 Å². The summed E-state index contributed by atoms with van der Waals surface area (Å²) in [6.45, 7) is 14.3. The molecule has 1 N–H and O–H groups in total. The van der Waals surface area contributed by atoms with Crippen molar-refractivity contribution in [1.82, 2.24) is 5.32 Å². The Bertz CT molecular complexity index is 561. The van der Waals surface area contributed by atoms with Crippen LogP contribution in [-0.2, 0) is 9.47 Å².